The first-order chi connectivity index (χ1) is 12.8. The predicted octanol–water partition coefficient (Wildman–Crippen LogP) is 3.89. The molecule has 1 aliphatic carbocycles. The number of hydroxylamine groups is 3. The summed E-state index contributed by atoms with van der Waals surface area (Å²) in [6.07, 6.45) is 8.57. The Bertz CT molecular complexity index is 564. The van der Waals surface area contributed by atoms with E-state index in [2.05, 4.69) is 48.1 Å². The van der Waals surface area contributed by atoms with Crippen LogP contribution in [0.2, 0.25) is 0 Å². The van der Waals surface area contributed by atoms with Crippen molar-refractivity contribution in [2.75, 3.05) is 19.7 Å². The third kappa shape index (κ3) is 5.63. The largest absolute Gasteiger partial charge is 0.788 e. The molecule has 0 aromatic heterocycles. The number of rotatable bonds is 5. The molecule has 2 N–H and O–H groups in total. The smallest absolute Gasteiger partial charge is 0.110 e. The number of hydrogen-bond donors (Lipinski definition) is 2. The van der Waals surface area contributed by atoms with Crippen LogP contribution in [-0.4, -0.2) is 30.8 Å². The monoisotopic (exact) mass is 358 g/mol. The fourth-order valence-corrected chi connectivity index (χ4v) is 3.74. The Labute approximate surface area is 157 Å². The van der Waals surface area contributed by atoms with Crippen LogP contribution in [0.1, 0.15) is 57.2 Å². The molecule has 0 amide bonds. The van der Waals surface area contributed by atoms with Gasteiger partial charge in [0.1, 0.15) is 6.17 Å². The molecule has 3 unspecified atom stereocenters. The minimum absolute atomic E-state index is 0.00664. The van der Waals surface area contributed by atoms with Crippen molar-refractivity contribution in [3.8, 4) is 0 Å². The summed E-state index contributed by atoms with van der Waals surface area (Å²) in [5.41, 5.74) is 4.81. The average molecular weight is 359 g/mol. The molecular formula is C21H32N3O2-. The lowest BCUT2D eigenvalue weighted by atomic mass is 9.91. The average Bonchev–Trinajstić information content (AvgIpc) is 2.78. The summed E-state index contributed by atoms with van der Waals surface area (Å²) >= 11 is 0. The maximum atomic E-state index is 11.2. The molecule has 0 bridgehead atoms. The summed E-state index contributed by atoms with van der Waals surface area (Å²) in [5, 5.41) is 16.9. The van der Waals surface area contributed by atoms with Crippen LogP contribution in [0.5, 0.6) is 0 Å². The SMILES string of the molecule is CC1CC=C(CON2CCC(N[O-])CCCNC2c2ccccc2)CC1. The van der Waals surface area contributed by atoms with Crippen LogP contribution in [0.15, 0.2) is 42.0 Å². The molecule has 5 nitrogen and oxygen atoms in total. The Morgan fingerprint density at radius 3 is 2.81 bits per heavy atom. The second-order valence-corrected chi connectivity index (χ2v) is 7.67. The summed E-state index contributed by atoms with van der Waals surface area (Å²) < 4.78 is 0. The van der Waals surface area contributed by atoms with Crippen molar-refractivity contribution in [2.24, 2.45) is 5.92 Å². The molecule has 1 saturated heterocycles. The molecule has 1 aromatic carbocycles. The van der Waals surface area contributed by atoms with Crippen molar-refractivity contribution in [3.63, 3.8) is 0 Å². The fourth-order valence-electron chi connectivity index (χ4n) is 3.74. The maximum Gasteiger partial charge on any atom is 0.110 e. The zero-order valence-corrected chi connectivity index (χ0v) is 15.8. The van der Waals surface area contributed by atoms with Crippen molar-refractivity contribution in [2.45, 2.75) is 57.7 Å². The van der Waals surface area contributed by atoms with Crippen molar-refractivity contribution in [1.29, 1.82) is 0 Å². The molecule has 26 heavy (non-hydrogen) atoms. The van der Waals surface area contributed by atoms with E-state index in [1.54, 1.807) is 0 Å². The molecule has 1 aliphatic heterocycles. The van der Waals surface area contributed by atoms with E-state index in [1.165, 1.54) is 17.6 Å². The lowest BCUT2D eigenvalue weighted by molar-refractivity contribution is -0.189. The Morgan fingerprint density at radius 2 is 2.08 bits per heavy atom. The van der Waals surface area contributed by atoms with Gasteiger partial charge in [0.05, 0.1) is 6.61 Å². The number of nitrogens with zero attached hydrogens (tertiary/aromatic N) is 1. The second kappa shape index (κ2) is 10.2. The molecule has 3 atom stereocenters. The highest BCUT2D eigenvalue weighted by atomic mass is 16.7. The number of allylic oxidation sites excluding steroid dienone is 1. The molecule has 1 fully saturated rings. The molecule has 144 valence electrons. The topological polar surface area (TPSA) is 59.6 Å². The summed E-state index contributed by atoms with van der Waals surface area (Å²) in [4.78, 5) is 6.28. The Balaban J connectivity index is 1.70. The van der Waals surface area contributed by atoms with Gasteiger partial charge in [-0.05, 0) is 68.2 Å². The first-order valence-electron chi connectivity index (χ1n) is 9.99. The van der Waals surface area contributed by atoms with E-state index in [9.17, 15) is 5.21 Å². The van der Waals surface area contributed by atoms with Gasteiger partial charge < -0.3 is 10.7 Å². The van der Waals surface area contributed by atoms with Gasteiger partial charge in [0.25, 0.3) is 0 Å². The minimum Gasteiger partial charge on any atom is -0.788 e. The predicted molar refractivity (Wildman–Crippen MR) is 105 cm³/mol. The first kappa shape index (κ1) is 19.5. The van der Waals surface area contributed by atoms with Crippen LogP contribution in [0.3, 0.4) is 0 Å². The molecule has 0 saturated carbocycles. The van der Waals surface area contributed by atoms with Crippen LogP contribution < -0.4 is 10.8 Å². The molecule has 0 radical (unpaired) electrons. The Morgan fingerprint density at radius 1 is 1.23 bits per heavy atom. The highest BCUT2D eigenvalue weighted by Gasteiger charge is 2.24. The van der Waals surface area contributed by atoms with Gasteiger partial charge >= 0.3 is 0 Å². The molecule has 1 aromatic rings. The van der Waals surface area contributed by atoms with E-state index in [-0.39, 0.29) is 12.2 Å². The lowest BCUT2D eigenvalue weighted by Crippen LogP contribution is -2.40. The Kier molecular flexibility index (Phi) is 7.65. The highest BCUT2D eigenvalue weighted by molar-refractivity contribution is 5.18. The molecule has 0 spiro atoms. The zero-order chi connectivity index (χ0) is 18.2. The summed E-state index contributed by atoms with van der Waals surface area (Å²) in [5.74, 6) is 0.784. The van der Waals surface area contributed by atoms with Gasteiger partial charge in [-0.1, -0.05) is 43.3 Å². The van der Waals surface area contributed by atoms with Crippen LogP contribution in [0, 0.1) is 11.1 Å². The molecule has 2 aliphatic rings. The maximum absolute atomic E-state index is 11.2. The van der Waals surface area contributed by atoms with Gasteiger partial charge in [-0.25, -0.2) is 0 Å². The third-order valence-electron chi connectivity index (χ3n) is 5.52. The first-order valence-corrected chi connectivity index (χ1v) is 9.99. The van der Waals surface area contributed by atoms with E-state index in [4.69, 9.17) is 4.84 Å². The van der Waals surface area contributed by atoms with Gasteiger partial charge in [0, 0.05) is 6.54 Å². The van der Waals surface area contributed by atoms with Crippen molar-refractivity contribution >= 4 is 0 Å². The molecule has 5 heteroatoms. The van der Waals surface area contributed by atoms with Crippen molar-refractivity contribution in [3.05, 3.63) is 52.8 Å². The van der Waals surface area contributed by atoms with Gasteiger partial charge in [-0.3, -0.25) is 10.2 Å². The van der Waals surface area contributed by atoms with E-state index in [0.29, 0.717) is 6.61 Å². The molecule has 3 rings (SSSR count). The fraction of sp³-hybridized carbons (Fsp3) is 0.619. The normalized spacial score (nSPS) is 28.7. The summed E-state index contributed by atoms with van der Waals surface area (Å²) in [6, 6.07) is 10.4. The van der Waals surface area contributed by atoms with E-state index in [0.717, 1.165) is 51.1 Å². The summed E-state index contributed by atoms with van der Waals surface area (Å²) in [7, 11) is 0. The molecule has 1 heterocycles. The number of hydrogen-bond acceptors (Lipinski definition) is 5. The van der Waals surface area contributed by atoms with E-state index in [1.807, 2.05) is 11.1 Å². The van der Waals surface area contributed by atoms with Gasteiger partial charge in [-0.15, -0.1) is 0 Å². The van der Waals surface area contributed by atoms with Gasteiger partial charge in [0.2, 0.25) is 0 Å². The minimum atomic E-state index is 0.00664. The highest BCUT2D eigenvalue weighted by Crippen LogP contribution is 2.25. The van der Waals surface area contributed by atoms with Crippen LogP contribution in [-0.2, 0) is 4.84 Å². The van der Waals surface area contributed by atoms with E-state index < -0.39 is 0 Å². The van der Waals surface area contributed by atoms with Gasteiger partial charge in [0.15, 0.2) is 0 Å². The Hall–Kier alpha value is -1.24. The van der Waals surface area contributed by atoms with E-state index >= 15 is 0 Å². The third-order valence-corrected chi connectivity index (χ3v) is 5.52. The zero-order valence-electron chi connectivity index (χ0n) is 15.8. The van der Waals surface area contributed by atoms with Crippen LogP contribution >= 0.6 is 0 Å². The molecular weight excluding hydrogens is 326 g/mol. The van der Waals surface area contributed by atoms with Crippen molar-refractivity contribution < 1.29 is 4.84 Å². The standard InChI is InChI=1S/C21H32N3O2/c1-17-9-11-18(12-10-17)16-26-24-15-13-20(23-25)8-5-14-22-21(24)19-6-3-2-4-7-19/h2-4,6-7,11,17,20-23H,5,8-10,12-16H2,1H3/q-1. The number of nitrogens with one attached hydrogen (secondary N) is 2. The quantitative estimate of drug-likeness (QED) is 0.618. The van der Waals surface area contributed by atoms with Crippen molar-refractivity contribution in [1.82, 2.24) is 15.9 Å². The number of benzene rings is 1. The summed E-state index contributed by atoms with van der Waals surface area (Å²) in [6.45, 7) is 4.56. The second-order valence-electron chi connectivity index (χ2n) is 7.67. The van der Waals surface area contributed by atoms with Crippen LogP contribution in [0.25, 0.3) is 0 Å². The lowest BCUT2D eigenvalue weighted by Gasteiger charge is -2.33. The van der Waals surface area contributed by atoms with Crippen LogP contribution in [0.4, 0.5) is 0 Å². The van der Waals surface area contributed by atoms with Gasteiger partial charge in [-0.2, -0.15) is 5.06 Å².